The van der Waals surface area contributed by atoms with E-state index in [4.69, 9.17) is 18.9 Å². The average Bonchev–Trinajstić information content (AvgIpc) is 2.81. The molecule has 0 unspecified atom stereocenters. The van der Waals surface area contributed by atoms with Gasteiger partial charge in [-0.05, 0) is 32.9 Å². The van der Waals surface area contributed by atoms with Crippen LogP contribution in [0.3, 0.4) is 0 Å². The van der Waals surface area contributed by atoms with Gasteiger partial charge in [-0.3, -0.25) is 4.79 Å². The number of hydrogen-bond donors (Lipinski definition) is 1. The highest BCUT2D eigenvalue weighted by molar-refractivity contribution is 6.03. The van der Waals surface area contributed by atoms with E-state index in [1.165, 1.54) is 6.08 Å². The quantitative estimate of drug-likeness (QED) is 0.553. The van der Waals surface area contributed by atoms with Crippen molar-refractivity contribution in [1.29, 1.82) is 0 Å². The number of carbonyl (C=O) groups is 1. The minimum atomic E-state index is -0.265. The lowest BCUT2D eigenvalue weighted by atomic mass is 10.1. The number of ether oxygens (including phenoxy) is 4. The van der Waals surface area contributed by atoms with Crippen molar-refractivity contribution in [2.45, 2.75) is 20.8 Å². The molecule has 172 valence electrons. The first-order chi connectivity index (χ1) is 15.7. The molecule has 0 atom stereocenters. The second kappa shape index (κ2) is 12.0. The molecule has 0 aromatic heterocycles. The Morgan fingerprint density at radius 2 is 1.62 bits per heavy atom. The van der Waals surface area contributed by atoms with E-state index in [0.717, 1.165) is 30.1 Å². The van der Waals surface area contributed by atoms with Crippen molar-refractivity contribution < 1.29 is 23.7 Å². The Morgan fingerprint density at radius 3 is 2.34 bits per heavy atom. The van der Waals surface area contributed by atoms with E-state index in [1.54, 1.807) is 6.08 Å². The fourth-order valence-electron chi connectivity index (χ4n) is 3.49. The molecule has 3 rings (SSSR count). The molecule has 1 amide bonds. The van der Waals surface area contributed by atoms with Crippen molar-refractivity contribution in [2.75, 3.05) is 56.3 Å². The van der Waals surface area contributed by atoms with Gasteiger partial charge in [0.25, 0.3) is 0 Å². The number of morpholine rings is 1. The number of benzene rings is 2. The van der Waals surface area contributed by atoms with Crippen LogP contribution < -0.4 is 24.4 Å². The first-order valence-corrected chi connectivity index (χ1v) is 11.1. The number of amides is 1. The van der Waals surface area contributed by atoms with E-state index in [-0.39, 0.29) is 5.91 Å². The smallest absolute Gasteiger partial charge is 0.248 e. The summed E-state index contributed by atoms with van der Waals surface area (Å²) in [6.07, 6.45) is 3.23. The number of nitrogens with zero attached hydrogens (tertiary/aromatic N) is 1. The third-order valence-electron chi connectivity index (χ3n) is 4.90. The van der Waals surface area contributed by atoms with Crippen LogP contribution in [0.5, 0.6) is 17.2 Å². The summed E-state index contributed by atoms with van der Waals surface area (Å²) in [6.45, 7) is 10.2. The summed E-state index contributed by atoms with van der Waals surface area (Å²) < 4.78 is 22.8. The molecule has 7 heteroatoms. The molecule has 0 saturated carbocycles. The lowest BCUT2D eigenvalue weighted by Gasteiger charge is -2.31. The molecule has 2 aromatic carbocycles. The molecule has 1 aliphatic rings. The van der Waals surface area contributed by atoms with Crippen LogP contribution in [0.4, 0.5) is 11.4 Å². The summed E-state index contributed by atoms with van der Waals surface area (Å²) in [6, 6.07) is 11.4. The highest BCUT2D eigenvalue weighted by Crippen LogP contribution is 2.39. The van der Waals surface area contributed by atoms with Crippen LogP contribution in [0.25, 0.3) is 6.08 Å². The van der Waals surface area contributed by atoms with Gasteiger partial charge in [0.15, 0.2) is 0 Å². The van der Waals surface area contributed by atoms with Crippen molar-refractivity contribution in [1.82, 2.24) is 0 Å². The Labute approximate surface area is 189 Å². The Bertz CT molecular complexity index is 923. The van der Waals surface area contributed by atoms with Crippen LogP contribution in [-0.4, -0.2) is 52.0 Å². The normalized spacial score (nSPS) is 13.8. The molecule has 0 spiro atoms. The van der Waals surface area contributed by atoms with Gasteiger partial charge >= 0.3 is 0 Å². The largest absolute Gasteiger partial charge is 0.493 e. The minimum Gasteiger partial charge on any atom is -0.493 e. The van der Waals surface area contributed by atoms with Crippen LogP contribution in [0, 0.1) is 0 Å². The summed E-state index contributed by atoms with van der Waals surface area (Å²) in [5, 5.41) is 2.93. The second-order valence-electron chi connectivity index (χ2n) is 7.07. The van der Waals surface area contributed by atoms with Gasteiger partial charge in [-0.1, -0.05) is 18.2 Å². The van der Waals surface area contributed by atoms with Crippen molar-refractivity contribution in [2.24, 2.45) is 0 Å². The van der Waals surface area contributed by atoms with Crippen LogP contribution >= 0.6 is 0 Å². The van der Waals surface area contributed by atoms with E-state index in [1.807, 2.05) is 57.2 Å². The SMILES string of the molecule is CCOc1ccccc1/C=C/C(=O)Nc1cc(OCC)c(N2CCOCC2)cc1OCC. The number of nitrogens with one attached hydrogen (secondary N) is 1. The molecule has 1 saturated heterocycles. The maximum absolute atomic E-state index is 12.7. The van der Waals surface area contributed by atoms with E-state index in [2.05, 4.69) is 10.2 Å². The predicted octanol–water partition coefficient (Wildman–Crippen LogP) is 4.37. The fourth-order valence-corrected chi connectivity index (χ4v) is 3.49. The summed E-state index contributed by atoms with van der Waals surface area (Å²) in [5.41, 5.74) is 2.35. The van der Waals surface area contributed by atoms with E-state index in [0.29, 0.717) is 50.2 Å². The van der Waals surface area contributed by atoms with Crippen LogP contribution in [0.1, 0.15) is 26.3 Å². The fraction of sp³-hybridized carbons (Fsp3) is 0.400. The average molecular weight is 441 g/mol. The number of anilines is 2. The third kappa shape index (κ3) is 6.17. The van der Waals surface area contributed by atoms with Gasteiger partial charge < -0.3 is 29.2 Å². The zero-order chi connectivity index (χ0) is 22.8. The summed E-state index contributed by atoms with van der Waals surface area (Å²) >= 11 is 0. The molecule has 7 nitrogen and oxygen atoms in total. The molecule has 1 N–H and O–H groups in total. The molecule has 1 heterocycles. The first-order valence-electron chi connectivity index (χ1n) is 11.1. The predicted molar refractivity (Wildman–Crippen MR) is 127 cm³/mol. The first kappa shape index (κ1) is 23.5. The Kier molecular flexibility index (Phi) is 8.80. The van der Waals surface area contributed by atoms with Gasteiger partial charge in [0.2, 0.25) is 5.91 Å². The number of rotatable bonds is 10. The van der Waals surface area contributed by atoms with Crippen LogP contribution in [0.15, 0.2) is 42.5 Å². The van der Waals surface area contributed by atoms with Gasteiger partial charge in [0.05, 0.1) is 44.4 Å². The standard InChI is InChI=1S/C25H32N2O5/c1-4-30-22-10-8-7-9-19(22)11-12-25(28)26-20-17-24(32-6-3)21(18-23(20)31-5-2)27-13-15-29-16-14-27/h7-12,17-18H,4-6,13-16H2,1-3H3,(H,26,28)/b12-11+. The van der Waals surface area contributed by atoms with Gasteiger partial charge in [-0.15, -0.1) is 0 Å². The third-order valence-corrected chi connectivity index (χ3v) is 4.90. The molecule has 2 aromatic rings. The van der Waals surface area contributed by atoms with Crippen molar-refractivity contribution in [3.8, 4) is 17.2 Å². The van der Waals surface area contributed by atoms with Gasteiger partial charge in [-0.2, -0.15) is 0 Å². The lowest BCUT2D eigenvalue weighted by Crippen LogP contribution is -2.36. The summed E-state index contributed by atoms with van der Waals surface area (Å²) in [4.78, 5) is 14.9. The highest BCUT2D eigenvalue weighted by atomic mass is 16.5. The van der Waals surface area contributed by atoms with E-state index in [9.17, 15) is 4.79 Å². The monoisotopic (exact) mass is 440 g/mol. The molecular weight excluding hydrogens is 408 g/mol. The molecule has 1 fully saturated rings. The maximum atomic E-state index is 12.7. The van der Waals surface area contributed by atoms with Gasteiger partial charge in [0.1, 0.15) is 17.2 Å². The zero-order valence-electron chi connectivity index (χ0n) is 19.1. The Balaban J connectivity index is 1.84. The molecule has 1 aliphatic heterocycles. The number of carbonyl (C=O) groups excluding carboxylic acids is 1. The molecule has 0 radical (unpaired) electrons. The maximum Gasteiger partial charge on any atom is 0.248 e. The Hall–Kier alpha value is -3.19. The van der Waals surface area contributed by atoms with E-state index < -0.39 is 0 Å². The number of hydrogen-bond acceptors (Lipinski definition) is 6. The summed E-state index contributed by atoms with van der Waals surface area (Å²) in [5.74, 6) is 1.79. The second-order valence-corrected chi connectivity index (χ2v) is 7.07. The summed E-state index contributed by atoms with van der Waals surface area (Å²) in [7, 11) is 0. The Morgan fingerprint density at radius 1 is 0.969 bits per heavy atom. The van der Waals surface area contributed by atoms with Crippen molar-refractivity contribution >= 4 is 23.4 Å². The zero-order valence-corrected chi connectivity index (χ0v) is 19.1. The lowest BCUT2D eigenvalue weighted by molar-refractivity contribution is -0.111. The highest BCUT2D eigenvalue weighted by Gasteiger charge is 2.20. The van der Waals surface area contributed by atoms with Crippen molar-refractivity contribution in [3.05, 3.63) is 48.0 Å². The molecule has 0 bridgehead atoms. The van der Waals surface area contributed by atoms with Crippen molar-refractivity contribution in [3.63, 3.8) is 0 Å². The molecule has 32 heavy (non-hydrogen) atoms. The number of para-hydroxylation sites is 1. The van der Waals surface area contributed by atoms with E-state index >= 15 is 0 Å². The van der Waals surface area contributed by atoms with Crippen LogP contribution in [0.2, 0.25) is 0 Å². The molecular formula is C25H32N2O5. The molecule has 0 aliphatic carbocycles. The topological polar surface area (TPSA) is 69.3 Å². The van der Waals surface area contributed by atoms with Gasteiger partial charge in [0, 0.05) is 36.9 Å². The minimum absolute atomic E-state index is 0.265. The van der Waals surface area contributed by atoms with Crippen LogP contribution in [-0.2, 0) is 9.53 Å². The van der Waals surface area contributed by atoms with Gasteiger partial charge in [-0.25, -0.2) is 0 Å².